The molecule has 0 saturated carbocycles. The van der Waals surface area contributed by atoms with Gasteiger partial charge < -0.3 is 4.74 Å². The SMILES string of the molecule is COc1ccccc1-c1cc(C)ncc1C(=O)Nc1nc2c(s1)CNC2C(=O)c1cccnc1. The van der Waals surface area contributed by atoms with Crippen molar-refractivity contribution >= 4 is 28.2 Å². The van der Waals surface area contributed by atoms with Gasteiger partial charge in [-0.2, -0.15) is 0 Å². The highest BCUT2D eigenvalue weighted by Crippen LogP contribution is 2.36. The maximum atomic E-state index is 13.3. The Morgan fingerprint density at radius 2 is 2.00 bits per heavy atom. The predicted molar refractivity (Wildman–Crippen MR) is 129 cm³/mol. The van der Waals surface area contributed by atoms with E-state index in [-0.39, 0.29) is 11.7 Å². The molecule has 4 aromatic rings. The van der Waals surface area contributed by atoms with E-state index < -0.39 is 6.04 Å². The van der Waals surface area contributed by atoms with Crippen molar-refractivity contribution in [2.24, 2.45) is 0 Å². The number of thiazole rings is 1. The Hall–Kier alpha value is -3.95. The minimum absolute atomic E-state index is 0.101. The number of carbonyl (C=O) groups is 2. The summed E-state index contributed by atoms with van der Waals surface area (Å²) in [5.74, 6) is 0.235. The summed E-state index contributed by atoms with van der Waals surface area (Å²) in [6, 6.07) is 12.3. The van der Waals surface area contributed by atoms with Crippen LogP contribution in [0.3, 0.4) is 0 Å². The van der Waals surface area contributed by atoms with E-state index >= 15 is 0 Å². The zero-order valence-electron chi connectivity index (χ0n) is 18.5. The number of hydrogen-bond donors (Lipinski definition) is 2. The smallest absolute Gasteiger partial charge is 0.259 e. The summed E-state index contributed by atoms with van der Waals surface area (Å²) in [6.07, 6.45) is 4.73. The van der Waals surface area contributed by atoms with Crippen LogP contribution < -0.4 is 15.4 Å². The lowest BCUT2D eigenvalue weighted by Crippen LogP contribution is -2.23. The Morgan fingerprint density at radius 3 is 2.79 bits per heavy atom. The highest BCUT2D eigenvalue weighted by molar-refractivity contribution is 7.16. The molecule has 0 saturated heterocycles. The number of anilines is 1. The molecule has 9 heteroatoms. The molecule has 5 rings (SSSR count). The number of pyridine rings is 2. The largest absolute Gasteiger partial charge is 0.496 e. The fourth-order valence-corrected chi connectivity index (χ4v) is 4.89. The van der Waals surface area contributed by atoms with Gasteiger partial charge >= 0.3 is 0 Å². The molecule has 1 amide bonds. The van der Waals surface area contributed by atoms with Crippen LogP contribution in [0.1, 0.15) is 43.0 Å². The molecule has 3 aromatic heterocycles. The topological polar surface area (TPSA) is 106 Å². The van der Waals surface area contributed by atoms with E-state index in [2.05, 4.69) is 25.6 Å². The molecular formula is C25H21N5O3S. The van der Waals surface area contributed by atoms with E-state index in [4.69, 9.17) is 4.74 Å². The summed E-state index contributed by atoms with van der Waals surface area (Å²) in [5.41, 5.74) is 3.87. The van der Waals surface area contributed by atoms with Crippen LogP contribution in [-0.2, 0) is 6.54 Å². The van der Waals surface area contributed by atoms with Crippen LogP contribution in [-0.4, -0.2) is 33.8 Å². The third-order valence-corrected chi connectivity index (χ3v) is 6.57. The van der Waals surface area contributed by atoms with Gasteiger partial charge in [0.25, 0.3) is 5.91 Å². The van der Waals surface area contributed by atoms with Crippen molar-refractivity contribution in [1.29, 1.82) is 0 Å². The van der Waals surface area contributed by atoms with Gasteiger partial charge in [-0.15, -0.1) is 0 Å². The number of ketones is 1. The highest BCUT2D eigenvalue weighted by Gasteiger charge is 2.33. The van der Waals surface area contributed by atoms with Crippen LogP contribution in [0.2, 0.25) is 0 Å². The number of rotatable bonds is 6. The Bertz CT molecular complexity index is 1390. The van der Waals surface area contributed by atoms with Crippen molar-refractivity contribution < 1.29 is 14.3 Å². The average molecular weight is 472 g/mol. The first-order valence-corrected chi connectivity index (χ1v) is 11.5. The van der Waals surface area contributed by atoms with Gasteiger partial charge in [-0.05, 0) is 31.2 Å². The Labute approximate surface area is 200 Å². The molecule has 1 aromatic carbocycles. The van der Waals surface area contributed by atoms with Crippen molar-refractivity contribution in [3.8, 4) is 16.9 Å². The minimum Gasteiger partial charge on any atom is -0.496 e. The van der Waals surface area contributed by atoms with Crippen molar-refractivity contribution in [2.75, 3.05) is 12.4 Å². The van der Waals surface area contributed by atoms with Crippen LogP contribution in [0.5, 0.6) is 5.75 Å². The molecule has 2 N–H and O–H groups in total. The molecule has 1 aliphatic heterocycles. The highest BCUT2D eigenvalue weighted by atomic mass is 32.1. The summed E-state index contributed by atoms with van der Waals surface area (Å²) in [7, 11) is 1.60. The number of aromatic nitrogens is 3. The number of fused-ring (bicyclic) bond motifs is 1. The van der Waals surface area contributed by atoms with Gasteiger partial charge in [-0.25, -0.2) is 4.98 Å². The molecule has 0 aliphatic carbocycles. The van der Waals surface area contributed by atoms with Crippen molar-refractivity contribution in [3.05, 3.63) is 88.4 Å². The second-order valence-corrected chi connectivity index (χ2v) is 8.86. The fourth-order valence-electron chi connectivity index (χ4n) is 3.95. The number of methoxy groups -OCH3 is 1. The van der Waals surface area contributed by atoms with Crippen molar-refractivity contribution in [1.82, 2.24) is 20.3 Å². The molecule has 1 atom stereocenters. The van der Waals surface area contributed by atoms with Gasteiger partial charge in [0.1, 0.15) is 11.8 Å². The molecule has 0 radical (unpaired) electrons. The second-order valence-electron chi connectivity index (χ2n) is 7.77. The maximum absolute atomic E-state index is 13.3. The van der Waals surface area contributed by atoms with E-state index in [1.807, 2.05) is 37.3 Å². The molecule has 1 unspecified atom stereocenters. The van der Waals surface area contributed by atoms with Crippen LogP contribution in [0.4, 0.5) is 5.13 Å². The van der Waals surface area contributed by atoms with Crippen LogP contribution in [0.25, 0.3) is 11.1 Å². The van der Waals surface area contributed by atoms with Gasteiger partial charge in [0.2, 0.25) is 0 Å². The molecular weight excluding hydrogens is 450 g/mol. The van der Waals surface area contributed by atoms with Crippen LogP contribution in [0, 0.1) is 6.92 Å². The lowest BCUT2D eigenvalue weighted by molar-refractivity contribution is 0.0946. The van der Waals surface area contributed by atoms with Gasteiger partial charge in [0.05, 0.1) is 18.4 Å². The number of Topliss-reactive ketones (excluding diaryl/α,β-unsaturated/α-hetero) is 1. The normalized spacial score (nSPS) is 14.5. The maximum Gasteiger partial charge on any atom is 0.259 e. The number of hydrogen-bond acceptors (Lipinski definition) is 8. The zero-order chi connectivity index (χ0) is 23.7. The van der Waals surface area contributed by atoms with Crippen LogP contribution in [0.15, 0.2) is 61.1 Å². The number of ether oxygens (including phenoxy) is 1. The second kappa shape index (κ2) is 9.12. The van der Waals surface area contributed by atoms with E-state index in [9.17, 15) is 9.59 Å². The van der Waals surface area contributed by atoms with E-state index in [0.29, 0.717) is 34.2 Å². The molecule has 0 spiro atoms. The molecule has 4 heterocycles. The first-order chi connectivity index (χ1) is 16.5. The number of aryl methyl sites for hydroxylation is 1. The van der Waals surface area contributed by atoms with Gasteiger partial charge in [-0.1, -0.05) is 29.5 Å². The lowest BCUT2D eigenvalue weighted by atomic mass is 9.99. The quantitative estimate of drug-likeness (QED) is 0.406. The summed E-state index contributed by atoms with van der Waals surface area (Å²) in [5, 5.41) is 6.52. The Balaban J connectivity index is 1.42. The zero-order valence-corrected chi connectivity index (χ0v) is 19.3. The van der Waals surface area contributed by atoms with E-state index in [0.717, 1.165) is 21.7 Å². The predicted octanol–water partition coefficient (Wildman–Crippen LogP) is 4.20. The molecule has 170 valence electrons. The van der Waals surface area contributed by atoms with Crippen LogP contribution >= 0.6 is 11.3 Å². The molecule has 34 heavy (non-hydrogen) atoms. The number of nitrogens with zero attached hydrogens (tertiary/aromatic N) is 3. The Kier molecular flexibility index (Phi) is 5.87. The Morgan fingerprint density at radius 1 is 1.15 bits per heavy atom. The molecule has 0 bridgehead atoms. The number of nitrogens with one attached hydrogen (secondary N) is 2. The lowest BCUT2D eigenvalue weighted by Gasteiger charge is -2.13. The summed E-state index contributed by atoms with van der Waals surface area (Å²) in [4.78, 5) is 40.0. The first-order valence-electron chi connectivity index (χ1n) is 10.6. The summed E-state index contributed by atoms with van der Waals surface area (Å²) in [6.45, 7) is 2.39. The standard InChI is InChI=1S/C25H21N5O3S/c1-14-10-17(16-7-3-4-8-19(16)33-2)18(12-27-14)24(32)30-25-29-21-20(34-25)13-28-22(21)23(31)15-6-5-9-26-11-15/h3-12,22,28H,13H2,1-2H3,(H,29,30,32). The van der Waals surface area contributed by atoms with Gasteiger partial charge in [0, 0.05) is 52.4 Å². The summed E-state index contributed by atoms with van der Waals surface area (Å²) < 4.78 is 5.50. The van der Waals surface area contributed by atoms with E-state index in [1.54, 1.807) is 37.8 Å². The fraction of sp³-hybridized carbons (Fsp3) is 0.160. The molecule has 1 aliphatic rings. The van der Waals surface area contributed by atoms with Gasteiger partial charge in [-0.3, -0.25) is 30.2 Å². The number of amides is 1. The monoisotopic (exact) mass is 471 g/mol. The average Bonchev–Trinajstić information content (AvgIpc) is 3.44. The third-order valence-electron chi connectivity index (χ3n) is 5.58. The van der Waals surface area contributed by atoms with Crippen molar-refractivity contribution in [2.45, 2.75) is 19.5 Å². The number of para-hydroxylation sites is 1. The van der Waals surface area contributed by atoms with Crippen molar-refractivity contribution in [3.63, 3.8) is 0 Å². The van der Waals surface area contributed by atoms with E-state index in [1.165, 1.54) is 11.3 Å². The molecule has 0 fully saturated rings. The number of carbonyl (C=O) groups excluding carboxylic acids is 2. The van der Waals surface area contributed by atoms with Gasteiger partial charge in [0.15, 0.2) is 10.9 Å². The third kappa shape index (κ3) is 4.07. The first kappa shape index (κ1) is 21.9. The minimum atomic E-state index is -0.564. The molecule has 8 nitrogen and oxygen atoms in total. The number of benzene rings is 1. The summed E-state index contributed by atoms with van der Waals surface area (Å²) >= 11 is 1.36.